The van der Waals surface area contributed by atoms with Crippen LogP contribution >= 0.6 is 0 Å². The average Bonchev–Trinajstić information content (AvgIpc) is 2.79. The number of benzene rings is 3. The molecule has 0 unspecified atom stereocenters. The zero-order valence-corrected chi connectivity index (χ0v) is 15.9. The van der Waals surface area contributed by atoms with Gasteiger partial charge >= 0.3 is 11.3 Å². The first-order valence-electron chi connectivity index (χ1n) is 9.37. The molecular weight excluding hydrogens is 398 g/mol. The van der Waals surface area contributed by atoms with E-state index in [-0.39, 0.29) is 33.2 Å². The summed E-state index contributed by atoms with van der Waals surface area (Å²) < 4.78 is 10.9. The highest BCUT2D eigenvalue weighted by Gasteiger charge is 2.23. The second-order valence-corrected chi connectivity index (χ2v) is 6.90. The molecule has 0 bridgehead atoms. The maximum atomic E-state index is 12.9. The van der Waals surface area contributed by atoms with Crippen LogP contribution in [0.5, 0.6) is 0 Å². The molecule has 0 spiro atoms. The topological polar surface area (TPSA) is 104 Å². The van der Waals surface area contributed by atoms with Crippen molar-refractivity contribution in [3.63, 3.8) is 0 Å². The summed E-state index contributed by atoms with van der Waals surface area (Å²) in [6, 6.07) is 22.0. The molecule has 2 heterocycles. The maximum absolute atomic E-state index is 12.9. The van der Waals surface area contributed by atoms with Crippen LogP contribution in [0.3, 0.4) is 0 Å². The summed E-state index contributed by atoms with van der Waals surface area (Å²) in [5.74, 6) is 0.266. The van der Waals surface area contributed by atoms with Gasteiger partial charge in [-0.2, -0.15) is 0 Å². The van der Waals surface area contributed by atoms with Crippen LogP contribution in [0.15, 0.2) is 97.3 Å². The second-order valence-electron chi connectivity index (χ2n) is 6.90. The minimum atomic E-state index is -0.865. The van der Waals surface area contributed by atoms with Crippen LogP contribution in [0.4, 0.5) is 5.69 Å². The Balaban J connectivity index is 2.09. The zero-order chi connectivity index (χ0) is 21.5. The van der Waals surface area contributed by atoms with Crippen molar-refractivity contribution < 1.29 is 13.8 Å². The van der Waals surface area contributed by atoms with Crippen LogP contribution in [0, 0.1) is 10.1 Å². The number of fused-ring (bicyclic) bond motifs is 3. The second kappa shape index (κ2) is 7.07. The SMILES string of the molecule is O=c1oc(-c2ccccc2)c(-c2ccccc2)c2c1c(=O)oc1ccc([N+](=O)[O-])cc12. The first-order chi connectivity index (χ1) is 15.0. The minimum absolute atomic E-state index is 0.143. The molecule has 0 aliphatic carbocycles. The highest BCUT2D eigenvalue weighted by Crippen LogP contribution is 2.39. The number of nitro benzene ring substituents is 1. The lowest BCUT2D eigenvalue weighted by atomic mass is 9.94. The quantitative estimate of drug-likeness (QED) is 0.176. The van der Waals surface area contributed by atoms with Gasteiger partial charge in [-0.1, -0.05) is 60.7 Å². The van der Waals surface area contributed by atoms with E-state index in [0.29, 0.717) is 16.7 Å². The highest BCUT2D eigenvalue weighted by atomic mass is 16.6. The molecule has 0 amide bonds. The van der Waals surface area contributed by atoms with Crippen molar-refractivity contribution in [3.05, 3.63) is 110 Å². The Morgan fingerprint density at radius 2 is 1.32 bits per heavy atom. The van der Waals surface area contributed by atoms with E-state index in [0.717, 1.165) is 0 Å². The van der Waals surface area contributed by atoms with Crippen molar-refractivity contribution in [2.24, 2.45) is 0 Å². The largest absolute Gasteiger partial charge is 0.422 e. The summed E-state index contributed by atoms with van der Waals surface area (Å²) >= 11 is 0. The van der Waals surface area contributed by atoms with Crippen LogP contribution in [0.25, 0.3) is 44.2 Å². The minimum Gasteiger partial charge on any atom is -0.422 e. The fourth-order valence-electron chi connectivity index (χ4n) is 3.73. The number of nitro groups is 1. The van der Waals surface area contributed by atoms with Gasteiger partial charge < -0.3 is 8.83 Å². The van der Waals surface area contributed by atoms with Crippen LogP contribution in [0.1, 0.15) is 0 Å². The van der Waals surface area contributed by atoms with Crippen LogP contribution < -0.4 is 11.3 Å². The van der Waals surface area contributed by atoms with Crippen molar-refractivity contribution in [2.75, 3.05) is 0 Å². The average molecular weight is 411 g/mol. The van der Waals surface area contributed by atoms with Crippen molar-refractivity contribution in [2.45, 2.75) is 0 Å². The third-order valence-corrected chi connectivity index (χ3v) is 5.07. The first-order valence-corrected chi connectivity index (χ1v) is 9.37. The molecule has 0 fully saturated rings. The molecule has 0 radical (unpaired) electrons. The Morgan fingerprint density at radius 3 is 1.97 bits per heavy atom. The summed E-state index contributed by atoms with van der Waals surface area (Å²) in [6.07, 6.45) is 0. The summed E-state index contributed by atoms with van der Waals surface area (Å²) in [5, 5.41) is 11.7. The third-order valence-electron chi connectivity index (χ3n) is 5.07. The van der Waals surface area contributed by atoms with E-state index in [1.807, 2.05) is 36.4 Å². The van der Waals surface area contributed by atoms with Crippen molar-refractivity contribution >= 4 is 27.4 Å². The summed E-state index contributed by atoms with van der Waals surface area (Å²) in [6.45, 7) is 0. The number of hydrogen-bond acceptors (Lipinski definition) is 6. The van der Waals surface area contributed by atoms with E-state index in [1.165, 1.54) is 18.2 Å². The highest BCUT2D eigenvalue weighted by molar-refractivity contribution is 6.14. The number of rotatable bonds is 3. The molecule has 7 nitrogen and oxygen atoms in total. The third kappa shape index (κ3) is 3.00. The number of nitrogens with zero attached hydrogens (tertiary/aromatic N) is 1. The van der Waals surface area contributed by atoms with E-state index in [1.54, 1.807) is 24.3 Å². The molecule has 0 aliphatic heterocycles. The molecular formula is C24H13NO6. The van der Waals surface area contributed by atoms with Gasteiger partial charge in [0, 0.05) is 34.0 Å². The molecule has 5 rings (SSSR count). The van der Waals surface area contributed by atoms with Gasteiger partial charge in [-0.25, -0.2) is 9.59 Å². The van der Waals surface area contributed by atoms with E-state index in [4.69, 9.17) is 8.83 Å². The maximum Gasteiger partial charge on any atom is 0.351 e. The van der Waals surface area contributed by atoms with Gasteiger partial charge in [0.2, 0.25) is 0 Å². The van der Waals surface area contributed by atoms with Gasteiger partial charge in [-0.15, -0.1) is 0 Å². The summed E-state index contributed by atoms with van der Waals surface area (Å²) in [5.41, 5.74) is 0.0409. The Bertz CT molecular complexity index is 1580. The molecule has 0 saturated carbocycles. The fraction of sp³-hybridized carbons (Fsp3) is 0. The van der Waals surface area contributed by atoms with Gasteiger partial charge in [0.1, 0.15) is 11.3 Å². The summed E-state index contributed by atoms with van der Waals surface area (Å²) in [4.78, 5) is 36.4. The molecule has 0 aliphatic rings. The van der Waals surface area contributed by atoms with Crippen molar-refractivity contribution in [1.29, 1.82) is 0 Å². The molecule has 2 aromatic heterocycles. The molecule has 7 heteroatoms. The predicted octanol–water partition coefficient (Wildman–Crippen LogP) is 5.14. The smallest absolute Gasteiger partial charge is 0.351 e. The van der Waals surface area contributed by atoms with E-state index >= 15 is 0 Å². The molecule has 31 heavy (non-hydrogen) atoms. The lowest BCUT2D eigenvalue weighted by Gasteiger charge is -2.13. The van der Waals surface area contributed by atoms with Crippen LogP contribution in [-0.2, 0) is 0 Å². The summed E-state index contributed by atoms with van der Waals surface area (Å²) in [7, 11) is 0. The molecule has 150 valence electrons. The molecule has 3 aromatic carbocycles. The Hall–Kier alpha value is -4.52. The monoisotopic (exact) mass is 411 g/mol. The molecule has 0 saturated heterocycles. The fourth-order valence-corrected chi connectivity index (χ4v) is 3.73. The lowest BCUT2D eigenvalue weighted by Crippen LogP contribution is -2.13. The predicted molar refractivity (Wildman–Crippen MR) is 116 cm³/mol. The van der Waals surface area contributed by atoms with Gasteiger partial charge in [0.05, 0.1) is 4.92 Å². The van der Waals surface area contributed by atoms with E-state index in [9.17, 15) is 19.7 Å². The van der Waals surface area contributed by atoms with Crippen molar-refractivity contribution in [1.82, 2.24) is 0 Å². The Kier molecular flexibility index (Phi) is 4.22. The lowest BCUT2D eigenvalue weighted by molar-refractivity contribution is -0.384. The Labute approximate surface area is 173 Å². The first kappa shape index (κ1) is 18.5. The van der Waals surface area contributed by atoms with Crippen LogP contribution in [0.2, 0.25) is 0 Å². The number of non-ortho nitro benzene ring substituents is 1. The van der Waals surface area contributed by atoms with Crippen molar-refractivity contribution in [3.8, 4) is 22.5 Å². The van der Waals surface area contributed by atoms with E-state index in [2.05, 4.69) is 0 Å². The molecule has 0 N–H and O–H groups in total. The van der Waals surface area contributed by atoms with Gasteiger partial charge in [-0.3, -0.25) is 10.1 Å². The van der Waals surface area contributed by atoms with Gasteiger partial charge in [0.15, 0.2) is 5.39 Å². The van der Waals surface area contributed by atoms with Gasteiger partial charge in [-0.05, 0) is 11.6 Å². The standard InChI is InChI=1S/C24H13NO6/c26-23-21-20(17-13-16(25(28)29)11-12-18(17)30-23)19(14-7-3-1-4-8-14)22(31-24(21)27)15-9-5-2-6-10-15/h1-13H. The molecule has 0 atom stereocenters. The zero-order valence-electron chi connectivity index (χ0n) is 15.9. The van der Waals surface area contributed by atoms with E-state index < -0.39 is 16.2 Å². The number of hydrogen-bond donors (Lipinski definition) is 0. The normalized spacial score (nSPS) is 11.1. The molecule has 5 aromatic rings. The van der Waals surface area contributed by atoms with Crippen LogP contribution in [-0.4, -0.2) is 4.92 Å². The Morgan fingerprint density at radius 1 is 0.710 bits per heavy atom. The van der Waals surface area contributed by atoms with Gasteiger partial charge in [0.25, 0.3) is 5.69 Å².